The quantitative estimate of drug-likeness (QED) is 0.459. The van der Waals surface area contributed by atoms with E-state index in [9.17, 15) is 13.2 Å². The first-order valence-electron chi connectivity index (χ1n) is 8.34. The fourth-order valence-electron chi connectivity index (χ4n) is 2.06. The molecule has 1 aromatic carbocycles. The van der Waals surface area contributed by atoms with E-state index in [1.165, 1.54) is 19.3 Å². The van der Waals surface area contributed by atoms with Gasteiger partial charge < -0.3 is 20.5 Å². The Bertz CT molecular complexity index is 905. The fraction of sp³-hybridized carbons (Fsp3) is 0.200. The van der Waals surface area contributed by atoms with Crippen LogP contribution in [0.4, 0.5) is 13.2 Å². The summed E-state index contributed by atoms with van der Waals surface area (Å²) >= 11 is 0. The molecule has 3 rings (SSSR count). The smallest absolute Gasteiger partial charge is 0.314 e. The monoisotopic (exact) mass is 494 g/mol. The van der Waals surface area contributed by atoms with Crippen molar-refractivity contribution in [3.05, 3.63) is 78.7 Å². The van der Waals surface area contributed by atoms with Crippen LogP contribution in [0.3, 0.4) is 0 Å². The Morgan fingerprint density at radius 3 is 2.37 bits per heavy atom. The molecule has 1 radical (unpaired) electrons. The molecule has 0 unspecified atom stereocenters. The van der Waals surface area contributed by atoms with Crippen molar-refractivity contribution < 1.29 is 59.8 Å². The second kappa shape index (κ2) is 12.5. The van der Waals surface area contributed by atoms with Crippen LogP contribution in [0.2, 0.25) is 0 Å². The van der Waals surface area contributed by atoms with Crippen molar-refractivity contribution in [2.45, 2.75) is 19.7 Å². The second-order valence-corrected chi connectivity index (χ2v) is 5.41. The van der Waals surface area contributed by atoms with Gasteiger partial charge in [0.2, 0.25) is 5.88 Å². The number of alkyl halides is 3. The summed E-state index contributed by atoms with van der Waals surface area (Å²) in [5.41, 5.74) is 0.760. The van der Waals surface area contributed by atoms with Crippen molar-refractivity contribution in [1.82, 2.24) is 15.2 Å². The van der Waals surface area contributed by atoms with E-state index in [1.54, 1.807) is 49.4 Å². The molecule has 0 aliphatic heterocycles. The number of halogens is 3. The fourth-order valence-corrected chi connectivity index (χ4v) is 2.06. The number of rotatable bonds is 6. The molecule has 0 atom stereocenters. The average Bonchev–Trinajstić information content (AvgIpc) is 3.18. The Hall–Kier alpha value is -2.23. The molecule has 30 heavy (non-hydrogen) atoms. The molecular formula is C20H18F3N3O3Y-2. The molecule has 3 aromatic rings. The first-order chi connectivity index (χ1) is 13.9. The number of hydrogen-bond donors (Lipinski definition) is 0. The summed E-state index contributed by atoms with van der Waals surface area (Å²) < 4.78 is 54.9. The summed E-state index contributed by atoms with van der Waals surface area (Å²) in [5, 5.41) is 7.06. The van der Waals surface area contributed by atoms with Crippen LogP contribution in [0.15, 0.2) is 59.0 Å². The standard InChI is InChI=1S/C17H13F3N3O3.C3H5.Y/c1-24-13-9-5-8-12(21-13)15-22-23-16(26-15)14(17(18,19)20)25-10-11-6-3-2-4-7-11;1-3-2;/h2-9H,10H2,1H3;1,3H,2H3;/q2*-1;. The molecule has 2 heterocycles. The summed E-state index contributed by atoms with van der Waals surface area (Å²) in [7, 11) is 1.41. The van der Waals surface area contributed by atoms with E-state index in [0.717, 1.165) is 0 Å². The summed E-state index contributed by atoms with van der Waals surface area (Å²) in [6, 6.07) is 13.1. The van der Waals surface area contributed by atoms with Crippen LogP contribution in [-0.4, -0.2) is 28.5 Å². The topological polar surface area (TPSA) is 70.3 Å². The van der Waals surface area contributed by atoms with Crippen LogP contribution < -0.4 is 4.74 Å². The molecule has 0 aliphatic rings. The minimum atomic E-state index is -4.79. The second-order valence-electron chi connectivity index (χ2n) is 5.41. The maximum Gasteiger partial charge on any atom is 0.314 e. The van der Waals surface area contributed by atoms with Crippen LogP contribution >= 0.6 is 0 Å². The number of hydrogen-bond acceptors (Lipinski definition) is 6. The molecule has 0 amide bonds. The maximum absolute atomic E-state index is 13.3. The van der Waals surface area contributed by atoms with Gasteiger partial charge in [-0.25, -0.2) is 18.2 Å². The van der Waals surface area contributed by atoms with Gasteiger partial charge in [-0.1, -0.05) is 49.4 Å². The number of aromatic nitrogens is 3. The van der Waals surface area contributed by atoms with E-state index >= 15 is 0 Å². The first-order valence-corrected chi connectivity index (χ1v) is 8.34. The largest absolute Gasteiger partial charge is 0.518 e. The molecule has 157 valence electrons. The molecule has 0 N–H and O–H groups in total. The van der Waals surface area contributed by atoms with E-state index in [4.69, 9.17) is 20.5 Å². The zero-order valence-corrected chi connectivity index (χ0v) is 19.1. The van der Waals surface area contributed by atoms with E-state index in [-0.39, 0.29) is 56.8 Å². The van der Waals surface area contributed by atoms with Crippen LogP contribution in [0.1, 0.15) is 18.4 Å². The van der Waals surface area contributed by atoms with Crippen molar-refractivity contribution in [1.29, 1.82) is 0 Å². The molecule has 0 bridgehead atoms. The maximum atomic E-state index is 13.3. The molecule has 10 heteroatoms. The Morgan fingerprint density at radius 2 is 1.77 bits per heavy atom. The third kappa shape index (κ3) is 7.55. The number of ether oxygens (including phenoxy) is 2. The third-order valence-electron chi connectivity index (χ3n) is 3.25. The molecule has 6 nitrogen and oxygen atoms in total. The Kier molecular flexibility index (Phi) is 10.7. The predicted octanol–water partition coefficient (Wildman–Crippen LogP) is 4.79. The van der Waals surface area contributed by atoms with Gasteiger partial charge in [0.05, 0.1) is 7.11 Å². The van der Waals surface area contributed by atoms with Gasteiger partial charge in [0.25, 0.3) is 5.89 Å². The van der Waals surface area contributed by atoms with Crippen molar-refractivity contribution in [3.63, 3.8) is 0 Å². The zero-order valence-electron chi connectivity index (χ0n) is 16.3. The SMILES string of the molecule is COc1cccc(-c2nnc([C-](OCc3ccccc3)C(F)(F)F)o2)n1.[CH-]=CC.[Y]. The van der Waals surface area contributed by atoms with Crippen molar-refractivity contribution in [2.24, 2.45) is 0 Å². The molecule has 0 aliphatic carbocycles. The molecule has 0 saturated heterocycles. The Morgan fingerprint density at radius 1 is 1.10 bits per heavy atom. The molecule has 0 saturated carbocycles. The van der Waals surface area contributed by atoms with Crippen LogP contribution in [-0.2, 0) is 44.1 Å². The number of benzene rings is 1. The molecule has 0 spiro atoms. The summed E-state index contributed by atoms with van der Waals surface area (Å²) in [6.07, 6.45) is -4.65. The number of methoxy groups -OCH3 is 1. The molecule has 0 fully saturated rings. The predicted molar refractivity (Wildman–Crippen MR) is 98.3 cm³/mol. The molecular weight excluding hydrogens is 476 g/mol. The normalized spacial score (nSPS) is 10.3. The average molecular weight is 494 g/mol. The number of nitrogens with zero attached hydrogens (tertiary/aromatic N) is 3. The number of pyridine rings is 1. The van der Waals surface area contributed by atoms with Gasteiger partial charge in [-0.2, -0.15) is 0 Å². The summed E-state index contributed by atoms with van der Waals surface area (Å²) in [5.74, 6) is -0.681. The van der Waals surface area contributed by atoms with Gasteiger partial charge in [-0.3, -0.25) is 6.08 Å². The van der Waals surface area contributed by atoms with E-state index < -0.39 is 18.2 Å². The number of allylic oxidation sites excluding steroid dienone is 1. The van der Waals surface area contributed by atoms with Crippen LogP contribution in [0.5, 0.6) is 5.88 Å². The Labute approximate surface area is 197 Å². The first kappa shape index (κ1) is 25.8. The minimum Gasteiger partial charge on any atom is -0.518 e. The van der Waals surface area contributed by atoms with Crippen LogP contribution in [0.25, 0.3) is 11.6 Å². The summed E-state index contributed by atoms with van der Waals surface area (Å²) in [4.78, 5) is 4.04. The van der Waals surface area contributed by atoms with Crippen molar-refractivity contribution in [3.8, 4) is 17.5 Å². The van der Waals surface area contributed by atoms with Gasteiger partial charge in [0, 0.05) is 45.4 Å². The van der Waals surface area contributed by atoms with Gasteiger partial charge in [0.15, 0.2) is 0 Å². The van der Waals surface area contributed by atoms with Crippen molar-refractivity contribution >= 4 is 0 Å². The molecule has 2 aromatic heterocycles. The Balaban J connectivity index is 0.00000106. The van der Waals surface area contributed by atoms with Gasteiger partial charge in [0.1, 0.15) is 11.6 Å². The van der Waals surface area contributed by atoms with E-state index in [2.05, 4.69) is 15.2 Å². The minimum absolute atomic E-state index is 0. The zero-order chi connectivity index (χ0) is 21.3. The van der Waals surface area contributed by atoms with Gasteiger partial charge in [-0.05, 0) is 11.6 Å². The van der Waals surface area contributed by atoms with E-state index in [0.29, 0.717) is 5.56 Å². The summed E-state index contributed by atoms with van der Waals surface area (Å²) in [6.45, 7) is 6.21. The van der Waals surface area contributed by atoms with Crippen LogP contribution in [0, 0.1) is 12.7 Å². The van der Waals surface area contributed by atoms with Gasteiger partial charge in [-0.15, -0.1) is 10.2 Å². The van der Waals surface area contributed by atoms with Gasteiger partial charge >= 0.3 is 6.18 Å². The van der Waals surface area contributed by atoms with E-state index in [1.807, 2.05) is 0 Å². The van der Waals surface area contributed by atoms with Crippen molar-refractivity contribution in [2.75, 3.05) is 7.11 Å². The third-order valence-corrected chi connectivity index (χ3v) is 3.25.